The van der Waals surface area contributed by atoms with Crippen LogP contribution in [0.1, 0.15) is 26.4 Å². The first-order chi connectivity index (χ1) is 14.0. The van der Waals surface area contributed by atoms with Crippen molar-refractivity contribution in [2.75, 3.05) is 13.7 Å². The van der Waals surface area contributed by atoms with E-state index in [2.05, 4.69) is 5.32 Å². The standard InChI is InChI=1S/C21H16N2O6/c1-28-11-2-3-14-12(8-11)13(19-21(27)22-4-5-23(14)19)9-17-20(26)18-15(25)6-10(24)7-16(18)29-17/h2-3,6-9,24-25H,4-5H2,1H3,(H,22,27)/b17-9+. The number of ketones is 1. The third-order valence-corrected chi connectivity index (χ3v) is 5.16. The van der Waals surface area contributed by atoms with Crippen LogP contribution in [0.5, 0.6) is 23.0 Å². The number of nitrogens with one attached hydrogen (secondary N) is 1. The van der Waals surface area contributed by atoms with Crippen molar-refractivity contribution in [2.24, 2.45) is 0 Å². The summed E-state index contributed by atoms with van der Waals surface area (Å²) in [5, 5.41) is 23.2. The van der Waals surface area contributed by atoms with Crippen molar-refractivity contribution < 1.29 is 29.3 Å². The molecule has 0 aliphatic carbocycles. The Hall–Kier alpha value is -3.94. The summed E-state index contributed by atoms with van der Waals surface area (Å²) < 4.78 is 12.8. The summed E-state index contributed by atoms with van der Waals surface area (Å²) >= 11 is 0. The van der Waals surface area contributed by atoms with E-state index >= 15 is 0 Å². The SMILES string of the molecule is COc1ccc2c(c1)c(/C=C1/Oc3cc(O)cc(O)c3C1=O)c1n2CCNC1=O. The number of benzene rings is 2. The van der Waals surface area contributed by atoms with E-state index in [1.165, 1.54) is 12.1 Å². The van der Waals surface area contributed by atoms with E-state index < -0.39 is 5.78 Å². The molecule has 3 N–H and O–H groups in total. The molecule has 29 heavy (non-hydrogen) atoms. The molecule has 3 heterocycles. The molecule has 2 aromatic carbocycles. The Labute approximate surface area is 164 Å². The fraction of sp³-hybridized carbons (Fsp3) is 0.143. The fourth-order valence-electron chi connectivity index (χ4n) is 3.88. The van der Waals surface area contributed by atoms with Gasteiger partial charge in [0.25, 0.3) is 5.91 Å². The van der Waals surface area contributed by atoms with E-state index in [0.717, 1.165) is 17.0 Å². The second kappa shape index (κ2) is 6.03. The van der Waals surface area contributed by atoms with Gasteiger partial charge in [-0.15, -0.1) is 0 Å². The predicted octanol–water partition coefficient (Wildman–Crippen LogP) is 2.42. The Kier molecular flexibility index (Phi) is 3.57. The van der Waals surface area contributed by atoms with E-state index in [1.54, 1.807) is 13.2 Å². The summed E-state index contributed by atoms with van der Waals surface area (Å²) in [7, 11) is 1.55. The van der Waals surface area contributed by atoms with Gasteiger partial charge in [-0.25, -0.2) is 0 Å². The highest BCUT2D eigenvalue weighted by Gasteiger charge is 2.33. The number of hydrogen-bond acceptors (Lipinski definition) is 6. The van der Waals surface area contributed by atoms with Gasteiger partial charge in [0.05, 0.1) is 7.11 Å². The number of allylic oxidation sites excluding steroid dienone is 1. The maximum absolute atomic E-state index is 12.8. The molecule has 0 fully saturated rings. The average molecular weight is 392 g/mol. The molecule has 5 rings (SSSR count). The number of rotatable bonds is 2. The summed E-state index contributed by atoms with van der Waals surface area (Å²) in [6, 6.07) is 7.82. The second-order valence-electron chi connectivity index (χ2n) is 6.83. The van der Waals surface area contributed by atoms with Crippen LogP contribution in [0.2, 0.25) is 0 Å². The summed E-state index contributed by atoms with van der Waals surface area (Å²) in [4.78, 5) is 25.4. The van der Waals surface area contributed by atoms with Gasteiger partial charge in [0.2, 0.25) is 5.78 Å². The van der Waals surface area contributed by atoms with E-state index in [9.17, 15) is 19.8 Å². The lowest BCUT2D eigenvalue weighted by Crippen LogP contribution is -2.35. The number of aromatic nitrogens is 1. The third kappa shape index (κ3) is 2.46. The van der Waals surface area contributed by atoms with Crippen LogP contribution in [0.15, 0.2) is 36.1 Å². The van der Waals surface area contributed by atoms with Crippen LogP contribution in [-0.2, 0) is 6.54 Å². The smallest absolute Gasteiger partial charge is 0.268 e. The Balaban J connectivity index is 1.74. The quantitative estimate of drug-likeness (QED) is 0.578. The molecule has 2 aliphatic heterocycles. The number of hydrogen-bond donors (Lipinski definition) is 3. The van der Waals surface area contributed by atoms with Gasteiger partial charge in [0.1, 0.15) is 34.3 Å². The summed E-state index contributed by atoms with van der Waals surface area (Å²) in [5.74, 6) is -0.713. The summed E-state index contributed by atoms with van der Waals surface area (Å²) in [6.45, 7) is 1.10. The lowest BCUT2D eigenvalue weighted by Gasteiger charge is -2.17. The highest BCUT2D eigenvalue weighted by atomic mass is 16.5. The number of amides is 1. The molecule has 0 saturated carbocycles. The van der Waals surface area contributed by atoms with Gasteiger partial charge in [0, 0.05) is 41.7 Å². The van der Waals surface area contributed by atoms with Crippen molar-refractivity contribution in [3.8, 4) is 23.0 Å². The number of ether oxygens (including phenoxy) is 2. The maximum atomic E-state index is 12.8. The predicted molar refractivity (Wildman–Crippen MR) is 104 cm³/mol. The molecule has 0 unspecified atom stereocenters. The lowest BCUT2D eigenvalue weighted by atomic mass is 10.1. The fourth-order valence-corrected chi connectivity index (χ4v) is 3.88. The Morgan fingerprint density at radius 2 is 2.03 bits per heavy atom. The van der Waals surface area contributed by atoms with Gasteiger partial charge in [-0.05, 0) is 24.3 Å². The van der Waals surface area contributed by atoms with Gasteiger partial charge in [0.15, 0.2) is 5.76 Å². The van der Waals surface area contributed by atoms with E-state index in [4.69, 9.17) is 9.47 Å². The normalized spacial score (nSPS) is 16.5. The number of carbonyl (C=O) groups is 2. The number of carbonyl (C=O) groups excluding carboxylic acids is 2. The van der Waals surface area contributed by atoms with Crippen LogP contribution in [0.3, 0.4) is 0 Å². The minimum Gasteiger partial charge on any atom is -0.508 e. The Morgan fingerprint density at radius 1 is 1.21 bits per heavy atom. The molecule has 146 valence electrons. The summed E-state index contributed by atoms with van der Waals surface area (Å²) in [5.41, 5.74) is 1.77. The molecule has 0 atom stereocenters. The molecule has 0 spiro atoms. The molecule has 3 aromatic rings. The molecular weight excluding hydrogens is 376 g/mol. The monoisotopic (exact) mass is 392 g/mol. The maximum Gasteiger partial charge on any atom is 0.268 e. The molecule has 0 bridgehead atoms. The highest BCUT2D eigenvalue weighted by Crippen LogP contribution is 2.41. The van der Waals surface area contributed by atoms with Crippen LogP contribution in [0.25, 0.3) is 17.0 Å². The van der Waals surface area contributed by atoms with E-state index in [1.807, 2.05) is 16.7 Å². The minimum atomic E-state index is -0.523. The number of nitrogens with zero attached hydrogens (tertiary/aromatic N) is 1. The number of phenols is 2. The van der Waals surface area contributed by atoms with Crippen molar-refractivity contribution in [1.29, 1.82) is 0 Å². The van der Waals surface area contributed by atoms with Gasteiger partial charge in [-0.3, -0.25) is 9.59 Å². The van der Waals surface area contributed by atoms with Crippen LogP contribution >= 0.6 is 0 Å². The van der Waals surface area contributed by atoms with Crippen molar-refractivity contribution in [2.45, 2.75) is 6.54 Å². The van der Waals surface area contributed by atoms with Gasteiger partial charge >= 0.3 is 0 Å². The van der Waals surface area contributed by atoms with Crippen LogP contribution in [0, 0.1) is 0 Å². The van der Waals surface area contributed by atoms with Crippen molar-refractivity contribution in [3.05, 3.63) is 52.9 Å². The highest BCUT2D eigenvalue weighted by molar-refractivity contribution is 6.18. The van der Waals surface area contributed by atoms with Crippen molar-refractivity contribution >= 4 is 28.7 Å². The molecule has 1 amide bonds. The zero-order chi connectivity index (χ0) is 20.3. The molecule has 0 radical (unpaired) electrons. The molecule has 2 aliphatic rings. The Bertz CT molecular complexity index is 1250. The lowest BCUT2D eigenvalue weighted by molar-refractivity contribution is 0.0927. The molecule has 0 saturated heterocycles. The minimum absolute atomic E-state index is 0.0199. The average Bonchev–Trinajstić information content (AvgIpc) is 3.17. The largest absolute Gasteiger partial charge is 0.508 e. The number of fused-ring (bicyclic) bond motifs is 4. The van der Waals surface area contributed by atoms with Crippen LogP contribution in [0.4, 0.5) is 0 Å². The first-order valence-corrected chi connectivity index (χ1v) is 8.96. The summed E-state index contributed by atoms with van der Waals surface area (Å²) in [6.07, 6.45) is 1.50. The number of phenolic OH excluding ortho intramolecular Hbond substituents is 2. The third-order valence-electron chi connectivity index (χ3n) is 5.16. The Morgan fingerprint density at radius 3 is 2.83 bits per heavy atom. The molecule has 1 aromatic heterocycles. The van der Waals surface area contributed by atoms with Gasteiger partial charge < -0.3 is 29.6 Å². The van der Waals surface area contributed by atoms with Crippen molar-refractivity contribution in [1.82, 2.24) is 9.88 Å². The number of Topliss-reactive ketones (excluding diaryl/α,β-unsaturated/α-hetero) is 1. The van der Waals surface area contributed by atoms with Gasteiger partial charge in [-0.1, -0.05) is 0 Å². The van der Waals surface area contributed by atoms with Crippen molar-refractivity contribution in [3.63, 3.8) is 0 Å². The molecule has 8 nitrogen and oxygen atoms in total. The van der Waals surface area contributed by atoms with Crippen LogP contribution < -0.4 is 14.8 Å². The number of aromatic hydroxyl groups is 2. The molecule has 8 heteroatoms. The number of methoxy groups -OCH3 is 1. The zero-order valence-electron chi connectivity index (χ0n) is 15.4. The second-order valence-corrected chi connectivity index (χ2v) is 6.83. The zero-order valence-corrected chi connectivity index (χ0v) is 15.4. The van der Waals surface area contributed by atoms with E-state index in [0.29, 0.717) is 30.1 Å². The first-order valence-electron chi connectivity index (χ1n) is 8.96. The topological polar surface area (TPSA) is 110 Å². The van der Waals surface area contributed by atoms with Crippen LogP contribution in [-0.4, -0.2) is 40.1 Å². The van der Waals surface area contributed by atoms with E-state index in [-0.39, 0.29) is 34.5 Å². The first kappa shape index (κ1) is 17.2. The van der Waals surface area contributed by atoms with Gasteiger partial charge in [-0.2, -0.15) is 0 Å². The molecular formula is C21H16N2O6.